The van der Waals surface area contributed by atoms with Crippen LogP contribution in [0.4, 0.5) is 5.82 Å². The number of aromatic nitrogens is 4. The molecule has 2 radical (unpaired) electrons. The molecule has 2 aromatic heterocycles. The van der Waals surface area contributed by atoms with Gasteiger partial charge in [-0.25, -0.2) is 15.0 Å². The molecule has 0 saturated carbocycles. The first-order valence-corrected chi connectivity index (χ1v) is 16.3. The van der Waals surface area contributed by atoms with E-state index in [2.05, 4.69) is 28.0 Å². The number of rotatable bonds is 5. The lowest BCUT2D eigenvalue weighted by molar-refractivity contribution is -0.184. The fourth-order valence-corrected chi connectivity index (χ4v) is 10.7. The molecule has 3 rings (SSSR count). The summed E-state index contributed by atoms with van der Waals surface area (Å²) in [5, 5.41) is 22.5. The first-order valence-electron chi connectivity index (χ1n) is 11.3. The number of fused-ring (bicyclic) bond motifs is 1. The van der Waals surface area contributed by atoms with Crippen molar-refractivity contribution in [3.05, 3.63) is 12.7 Å². The zero-order valence-corrected chi connectivity index (χ0v) is 23.5. The number of hydrogen-bond donors (Lipinski definition) is 3. The summed E-state index contributed by atoms with van der Waals surface area (Å²) in [5.41, 5.74) is 4.23. The smallest absolute Gasteiger partial charge is 0.167 e. The van der Waals surface area contributed by atoms with E-state index in [1.165, 1.54) is 6.33 Å². The van der Waals surface area contributed by atoms with E-state index in [4.69, 9.17) is 15.2 Å². The van der Waals surface area contributed by atoms with Gasteiger partial charge in [0.1, 0.15) is 37.6 Å². The van der Waals surface area contributed by atoms with Crippen molar-refractivity contribution in [2.75, 3.05) is 12.3 Å². The average Bonchev–Trinajstić information content (AvgIpc) is 3.18. The summed E-state index contributed by atoms with van der Waals surface area (Å²) < 4.78 is 14.8. The van der Waals surface area contributed by atoms with Gasteiger partial charge in [0.2, 0.25) is 0 Å². The highest BCUT2D eigenvalue weighted by Gasteiger charge is 2.78. The van der Waals surface area contributed by atoms with Crippen molar-refractivity contribution in [1.82, 2.24) is 19.5 Å². The zero-order chi connectivity index (χ0) is 25.2. The molecule has 1 aliphatic rings. The molecule has 1 fully saturated rings. The first kappa shape index (κ1) is 26.2. The van der Waals surface area contributed by atoms with E-state index in [0.717, 1.165) is 0 Å². The van der Waals surface area contributed by atoms with Gasteiger partial charge in [0.05, 0.1) is 27.3 Å². The molecule has 0 bridgehead atoms. The summed E-state index contributed by atoms with van der Waals surface area (Å²) in [6.45, 7) is 20.0. The number of aliphatic hydroxyl groups is 2. The second-order valence-electron chi connectivity index (χ2n) is 11.4. The minimum Gasteiger partial charge on any atom is -0.386 e. The molecule has 0 aliphatic carbocycles. The second kappa shape index (κ2) is 8.09. The SMILES string of the molecule is C[Si](C)[C@]1(O)[C@@](n2cnc3c(N)ncnc32)([Si](C)C)O[C@H](COC(C)(C)C)[C@]1(O)C(C)(C)C. The summed E-state index contributed by atoms with van der Waals surface area (Å²) in [7, 11) is -3.11. The highest BCUT2D eigenvalue weighted by atomic mass is 28.3. The summed E-state index contributed by atoms with van der Waals surface area (Å²) in [5.74, 6) is 0.258. The van der Waals surface area contributed by atoms with E-state index in [-0.39, 0.29) is 12.4 Å². The normalized spacial score (nSPS) is 31.3. The topological polar surface area (TPSA) is 129 Å². The van der Waals surface area contributed by atoms with Crippen molar-refractivity contribution in [3.63, 3.8) is 0 Å². The average molecular weight is 494 g/mol. The van der Waals surface area contributed by atoms with E-state index in [9.17, 15) is 10.2 Å². The summed E-state index contributed by atoms with van der Waals surface area (Å²) >= 11 is 0. The van der Waals surface area contributed by atoms with Crippen LogP contribution in [0.3, 0.4) is 0 Å². The van der Waals surface area contributed by atoms with Crippen LogP contribution in [-0.2, 0) is 14.8 Å². The molecule has 1 aliphatic heterocycles. The molecule has 0 aromatic carbocycles. The fourth-order valence-electron chi connectivity index (χ4n) is 5.13. The Morgan fingerprint density at radius 2 is 1.67 bits per heavy atom. The van der Waals surface area contributed by atoms with Gasteiger partial charge in [-0.2, -0.15) is 0 Å². The number of ether oxygens (including phenoxy) is 2. The van der Waals surface area contributed by atoms with Gasteiger partial charge in [0, 0.05) is 0 Å². The van der Waals surface area contributed by atoms with Crippen molar-refractivity contribution in [2.45, 2.75) is 95.6 Å². The second-order valence-corrected chi connectivity index (χ2v) is 16.8. The summed E-state index contributed by atoms with van der Waals surface area (Å²) in [6.07, 6.45) is 2.21. The van der Waals surface area contributed by atoms with Gasteiger partial charge in [0.25, 0.3) is 0 Å². The van der Waals surface area contributed by atoms with Gasteiger partial charge in [-0.15, -0.1) is 0 Å². The van der Waals surface area contributed by atoms with E-state index in [1.807, 2.05) is 54.6 Å². The number of nitrogen functional groups attached to an aromatic ring is 1. The Labute approximate surface area is 200 Å². The predicted octanol–water partition coefficient (Wildman–Crippen LogP) is 2.37. The van der Waals surface area contributed by atoms with Gasteiger partial charge in [-0.1, -0.05) is 47.0 Å². The van der Waals surface area contributed by atoms with Crippen LogP contribution in [0.2, 0.25) is 26.2 Å². The van der Waals surface area contributed by atoms with E-state index >= 15 is 0 Å². The first-order chi connectivity index (χ1) is 14.9. The molecular weight excluding hydrogens is 454 g/mol. The molecule has 184 valence electrons. The Balaban J connectivity index is 2.38. The zero-order valence-electron chi connectivity index (χ0n) is 21.5. The molecule has 0 unspecified atom stereocenters. The quantitative estimate of drug-likeness (QED) is 0.542. The van der Waals surface area contributed by atoms with Crippen molar-refractivity contribution in [1.29, 1.82) is 0 Å². The van der Waals surface area contributed by atoms with Gasteiger partial charge < -0.3 is 25.4 Å². The van der Waals surface area contributed by atoms with Gasteiger partial charge in [-0.05, 0) is 26.2 Å². The van der Waals surface area contributed by atoms with Crippen LogP contribution in [0.1, 0.15) is 41.5 Å². The van der Waals surface area contributed by atoms with Crippen LogP contribution in [0.5, 0.6) is 0 Å². The largest absolute Gasteiger partial charge is 0.386 e. The highest BCUT2D eigenvalue weighted by Crippen LogP contribution is 2.59. The standard InChI is InChI=1S/C22H39N5O4Si2/c1-18(2,3)20(28)14(11-30-19(4,5)6)31-22(33(9)10,21(20,29)32(7)8)27-13-26-15-16(23)24-12-25-17(15)27/h12-14,28-29H,11H2,1-10H3,(H2,23,24,25)/t14-,20+,21+,22+/m1/s1. The van der Waals surface area contributed by atoms with Crippen molar-refractivity contribution >= 4 is 34.6 Å². The lowest BCUT2D eigenvalue weighted by Crippen LogP contribution is -2.76. The molecule has 1 saturated heterocycles. The molecule has 9 nitrogen and oxygen atoms in total. The van der Waals surface area contributed by atoms with Crippen LogP contribution in [0, 0.1) is 5.41 Å². The maximum atomic E-state index is 12.8. The number of imidazole rings is 1. The Bertz CT molecular complexity index is 1020. The Morgan fingerprint density at radius 1 is 1.06 bits per heavy atom. The molecule has 0 spiro atoms. The van der Waals surface area contributed by atoms with Crippen LogP contribution in [0.15, 0.2) is 12.7 Å². The van der Waals surface area contributed by atoms with Crippen LogP contribution < -0.4 is 5.73 Å². The van der Waals surface area contributed by atoms with Crippen LogP contribution in [0.25, 0.3) is 11.2 Å². The molecule has 3 heterocycles. The number of nitrogens with zero attached hydrogens (tertiary/aromatic N) is 4. The third-order valence-electron chi connectivity index (χ3n) is 6.73. The molecule has 4 N–H and O–H groups in total. The third-order valence-corrected chi connectivity index (χ3v) is 11.2. The number of hydrogen-bond acceptors (Lipinski definition) is 8. The van der Waals surface area contributed by atoms with E-state index in [0.29, 0.717) is 11.2 Å². The Morgan fingerprint density at radius 3 is 2.15 bits per heavy atom. The molecule has 33 heavy (non-hydrogen) atoms. The number of anilines is 1. The van der Waals surface area contributed by atoms with Gasteiger partial charge >= 0.3 is 0 Å². The molecule has 0 amide bonds. The van der Waals surface area contributed by atoms with Crippen LogP contribution >= 0.6 is 0 Å². The lowest BCUT2D eigenvalue weighted by Gasteiger charge is -2.55. The third kappa shape index (κ3) is 3.59. The molecule has 4 atom stereocenters. The monoisotopic (exact) mass is 493 g/mol. The highest BCUT2D eigenvalue weighted by molar-refractivity contribution is 6.66. The van der Waals surface area contributed by atoms with E-state index < -0.39 is 50.9 Å². The van der Waals surface area contributed by atoms with Crippen LogP contribution in [-0.4, -0.2) is 76.5 Å². The van der Waals surface area contributed by atoms with Crippen molar-refractivity contribution < 1.29 is 19.7 Å². The van der Waals surface area contributed by atoms with Crippen molar-refractivity contribution in [3.8, 4) is 0 Å². The van der Waals surface area contributed by atoms with Crippen molar-refractivity contribution in [2.24, 2.45) is 5.41 Å². The Hall–Kier alpha value is -1.38. The minimum atomic E-state index is -1.61. The van der Waals surface area contributed by atoms with Gasteiger partial charge in [0.15, 0.2) is 16.8 Å². The van der Waals surface area contributed by atoms with E-state index in [1.54, 1.807) is 10.9 Å². The summed E-state index contributed by atoms with van der Waals surface area (Å²) in [4.78, 5) is 13.0. The summed E-state index contributed by atoms with van der Waals surface area (Å²) in [6, 6.07) is 0. The molecule has 11 heteroatoms. The predicted molar refractivity (Wildman–Crippen MR) is 133 cm³/mol. The lowest BCUT2D eigenvalue weighted by atomic mass is 9.70. The molecular formula is C22H39N5O4Si2. The fraction of sp³-hybridized carbons (Fsp3) is 0.773. The molecule has 2 aromatic rings. The maximum absolute atomic E-state index is 12.8. The van der Waals surface area contributed by atoms with Gasteiger partial charge in [-0.3, -0.25) is 4.57 Å². The maximum Gasteiger partial charge on any atom is 0.167 e. The minimum absolute atomic E-state index is 0.134. The number of nitrogens with two attached hydrogens (primary N) is 1. The Kier molecular flexibility index (Phi) is 6.43.